The van der Waals surface area contributed by atoms with E-state index < -0.39 is 34.7 Å². The van der Waals surface area contributed by atoms with Crippen LogP contribution in [0.5, 0.6) is 0 Å². The second kappa shape index (κ2) is 3.65. The van der Waals surface area contributed by atoms with Crippen LogP contribution < -0.4 is 17.2 Å². The molecule has 0 fully saturated rings. The first-order chi connectivity index (χ1) is 6.95. The van der Waals surface area contributed by atoms with Crippen LogP contribution in [0.2, 0.25) is 0 Å². The first-order valence-corrected chi connectivity index (χ1v) is 3.58. The Labute approximate surface area is 82.6 Å². The van der Waals surface area contributed by atoms with E-state index >= 15 is 0 Å². The molecule has 0 aromatic carbocycles. The predicted molar refractivity (Wildman–Crippen MR) is 45.4 cm³/mol. The largest absolute Gasteiger partial charge is 0.365 e. The fourth-order valence-corrected chi connectivity index (χ4v) is 0.902. The molecule has 0 spiro atoms. The highest BCUT2D eigenvalue weighted by molar-refractivity contribution is 6.11. The average molecular weight is 210 g/mol. The van der Waals surface area contributed by atoms with E-state index in [2.05, 4.69) is 15.4 Å². The third-order valence-electron chi connectivity index (χ3n) is 1.48. The Bertz CT molecular complexity index is 424. The first-order valence-electron chi connectivity index (χ1n) is 3.58. The van der Waals surface area contributed by atoms with Crippen molar-refractivity contribution in [1.29, 1.82) is 0 Å². The highest BCUT2D eigenvalue weighted by Crippen LogP contribution is 2.07. The van der Waals surface area contributed by atoms with E-state index in [1.54, 1.807) is 0 Å². The van der Waals surface area contributed by atoms with E-state index in [1.807, 2.05) is 0 Å². The van der Waals surface area contributed by atoms with Crippen molar-refractivity contribution in [3.8, 4) is 0 Å². The van der Waals surface area contributed by atoms with Gasteiger partial charge in [0.05, 0.1) is 0 Å². The molecule has 0 atom stereocenters. The molecule has 0 unspecified atom stereocenters. The summed E-state index contributed by atoms with van der Waals surface area (Å²) in [6.07, 6.45) is 0. The Hall–Kier alpha value is -2.58. The van der Waals surface area contributed by atoms with E-state index in [0.29, 0.717) is 0 Å². The molecule has 1 aromatic rings. The van der Waals surface area contributed by atoms with Gasteiger partial charge < -0.3 is 17.2 Å². The second-order valence-corrected chi connectivity index (χ2v) is 2.45. The van der Waals surface area contributed by atoms with Crippen molar-refractivity contribution in [2.75, 3.05) is 0 Å². The molecule has 15 heavy (non-hydrogen) atoms. The second-order valence-electron chi connectivity index (χ2n) is 2.45. The number of rotatable bonds is 3. The van der Waals surface area contributed by atoms with E-state index in [-0.39, 0.29) is 0 Å². The molecule has 1 aromatic heterocycles. The van der Waals surface area contributed by atoms with Crippen molar-refractivity contribution in [1.82, 2.24) is 15.4 Å². The van der Waals surface area contributed by atoms with Gasteiger partial charge in [0.1, 0.15) is 5.56 Å². The van der Waals surface area contributed by atoms with Crippen molar-refractivity contribution in [2.24, 2.45) is 17.2 Å². The van der Waals surface area contributed by atoms with Crippen LogP contribution in [0.25, 0.3) is 0 Å². The maximum Gasteiger partial charge on any atom is 0.270 e. The summed E-state index contributed by atoms with van der Waals surface area (Å²) >= 11 is 0. The van der Waals surface area contributed by atoms with Gasteiger partial charge in [-0.3, -0.25) is 14.4 Å². The Balaban J connectivity index is 3.56. The van der Waals surface area contributed by atoms with Gasteiger partial charge in [-0.05, 0) is 5.21 Å². The fourth-order valence-electron chi connectivity index (χ4n) is 0.902. The molecule has 0 aliphatic rings. The van der Waals surface area contributed by atoms with E-state index in [0.717, 1.165) is 0 Å². The summed E-state index contributed by atoms with van der Waals surface area (Å²) < 4.78 is 0. The number of carbonyl (C=O) groups excluding carboxylic acids is 3. The lowest BCUT2D eigenvalue weighted by Crippen LogP contribution is -2.29. The zero-order chi connectivity index (χ0) is 11.6. The summed E-state index contributed by atoms with van der Waals surface area (Å²) in [5.74, 6) is -3.19. The minimum atomic E-state index is -1.08. The van der Waals surface area contributed by atoms with Gasteiger partial charge in [0, 0.05) is 0 Å². The molecular formula is C6H6N6O3. The molecule has 0 aliphatic heterocycles. The van der Waals surface area contributed by atoms with Gasteiger partial charge in [-0.2, -0.15) is 0 Å². The highest BCUT2D eigenvalue weighted by Gasteiger charge is 2.23. The number of amides is 3. The predicted octanol–water partition coefficient (Wildman–Crippen LogP) is -2.83. The summed E-state index contributed by atoms with van der Waals surface area (Å²) in [6.45, 7) is 0. The number of nitrogens with zero attached hydrogens (tertiary/aromatic N) is 3. The minimum Gasteiger partial charge on any atom is -0.365 e. The standard InChI is InChI=1S/C6H6N6O3/c7-4(13)1-2(5(8)14)10-12-11-3(1)6(9)15/h(H2,7,13)(H2,8,14)(H2,9,15). The molecule has 78 valence electrons. The maximum absolute atomic E-state index is 11.0. The van der Waals surface area contributed by atoms with E-state index in [4.69, 9.17) is 17.2 Å². The topological polar surface area (TPSA) is 168 Å². The zero-order valence-electron chi connectivity index (χ0n) is 7.30. The lowest BCUT2D eigenvalue weighted by atomic mass is 10.1. The van der Waals surface area contributed by atoms with Gasteiger partial charge in [0.15, 0.2) is 11.4 Å². The number of nitrogens with two attached hydrogens (primary N) is 3. The first kappa shape index (κ1) is 10.5. The quantitative estimate of drug-likeness (QED) is 0.485. The Morgan fingerprint density at radius 1 is 0.800 bits per heavy atom. The van der Waals surface area contributed by atoms with Crippen LogP contribution in [0.1, 0.15) is 31.3 Å². The SMILES string of the molecule is NC(=O)c1nnnc(C(N)=O)c1C(N)=O. The Kier molecular flexibility index (Phi) is 2.56. The van der Waals surface area contributed by atoms with Gasteiger partial charge in [-0.15, -0.1) is 10.2 Å². The third kappa shape index (κ3) is 1.85. The molecule has 0 bridgehead atoms. The summed E-state index contributed by atoms with van der Waals surface area (Å²) in [4.78, 5) is 32.6. The molecule has 9 nitrogen and oxygen atoms in total. The third-order valence-corrected chi connectivity index (χ3v) is 1.48. The smallest absolute Gasteiger partial charge is 0.270 e. The van der Waals surface area contributed by atoms with E-state index in [1.165, 1.54) is 0 Å². The molecule has 0 aliphatic carbocycles. The van der Waals surface area contributed by atoms with Gasteiger partial charge in [-0.25, -0.2) is 0 Å². The normalized spacial score (nSPS) is 9.60. The van der Waals surface area contributed by atoms with Crippen molar-refractivity contribution in [2.45, 2.75) is 0 Å². The van der Waals surface area contributed by atoms with Crippen molar-refractivity contribution in [3.63, 3.8) is 0 Å². The van der Waals surface area contributed by atoms with Crippen LogP contribution in [-0.4, -0.2) is 33.1 Å². The minimum absolute atomic E-state index is 0.523. The van der Waals surface area contributed by atoms with Crippen molar-refractivity contribution in [3.05, 3.63) is 17.0 Å². The maximum atomic E-state index is 11.0. The van der Waals surface area contributed by atoms with Crippen LogP contribution in [0.4, 0.5) is 0 Å². The number of carbonyl (C=O) groups is 3. The monoisotopic (exact) mass is 210 g/mol. The van der Waals surface area contributed by atoms with Crippen LogP contribution in [0, 0.1) is 0 Å². The molecular weight excluding hydrogens is 204 g/mol. The van der Waals surface area contributed by atoms with E-state index in [9.17, 15) is 14.4 Å². The summed E-state index contributed by atoms with van der Waals surface area (Å²) in [6, 6.07) is 0. The summed E-state index contributed by atoms with van der Waals surface area (Å²) in [5.41, 5.74) is 13.1. The van der Waals surface area contributed by atoms with Gasteiger partial charge in [0.25, 0.3) is 17.7 Å². The van der Waals surface area contributed by atoms with Crippen LogP contribution in [0.15, 0.2) is 0 Å². The number of hydrogen-bond acceptors (Lipinski definition) is 6. The van der Waals surface area contributed by atoms with Gasteiger partial charge in [-0.1, -0.05) is 0 Å². The lowest BCUT2D eigenvalue weighted by molar-refractivity contribution is 0.0946. The molecule has 6 N–H and O–H groups in total. The summed E-state index contributed by atoms with van der Waals surface area (Å²) in [7, 11) is 0. The van der Waals surface area contributed by atoms with Crippen LogP contribution in [-0.2, 0) is 0 Å². The molecule has 0 radical (unpaired) electrons. The number of aromatic nitrogens is 3. The Morgan fingerprint density at radius 2 is 1.20 bits per heavy atom. The zero-order valence-corrected chi connectivity index (χ0v) is 7.30. The highest BCUT2D eigenvalue weighted by atomic mass is 16.2. The van der Waals surface area contributed by atoms with Crippen molar-refractivity contribution < 1.29 is 14.4 Å². The van der Waals surface area contributed by atoms with Gasteiger partial charge in [0.2, 0.25) is 0 Å². The molecule has 1 rings (SSSR count). The average Bonchev–Trinajstić information content (AvgIpc) is 2.16. The molecule has 3 amide bonds. The molecule has 9 heteroatoms. The summed E-state index contributed by atoms with van der Waals surface area (Å²) in [5, 5.41) is 9.46. The van der Waals surface area contributed by atoms with Crippen LogP contribution >= 0.6 is 0 Å². The van der Waals surface area contributed by atoms with Crippen molar-refractivity contribution >= 4 is 17.7 Å². The Morgan fingerprint density at radius 3 is 1.47 bits per heavy atom. The molecule has 1 heterocycles. The number of hydrogen-bond donors (Lipinski definition) is 3. The number of primary amides is 3. The fraction of sp³-hybridized carbons (Fsp3) is 0. The van der Waals surface area contributed by atoms with Crippen LogP contribution in [0.3, 0.4) is 0 Å². The molecule has 0 saturated heterocycles. The molecule has 0 saturated carbocycles. The lowest BCUT2D eigenvalue weighted by Gasteiger charge is -2.03. The van der Waals surface area contributed by atoms with Gasteiger partial charge >= 0.3 is 0 Å².